The zero-order valence-electron chi connectivity index (χ0n) is 10.3. The van der Waals surface area contributed by atoms with Crippen molar-refractivity contribution < 1.29 is 0 Å². The topological polar surface area (TPSA) is 25.8 Å². The van der Waals surface area contributed by atoms with Crippen LogP contribution in [0.25, 0.3) is 11.4 Å². The average molecular weight is 226 g/mol. The van der Waals surface area contributed by atoms with E-state index >= 15 is 0 Å². The van der Waals surface area contributed by atoms with Crippen molar-refractivity contribution in [2.45, 2.75) is 32.6 Å². The highest BCUT2D eigenvalue weighted by atomic mass is 14.8. The Morgan fingerprint density at radius 2 is 1.82 bits per heavy atom. The maximum Gasteiger partial charge on any atom is 0.0918 e. The fourth-order valence-electron chi connectivity index (χ4n) is 1.94. The van der Waals surface area contributed by atoms with Gasteiger partial charge in [0.05, 0.1) is 11.4 Å². The number of pyridine rings is 2. The fraction of sp³-hybridized carbons (Fsp3) is 0.333. The van der Waals surface area contributed by atoms with Crippen molar-refractivity contribution in [2.24, 2.45) is 0 Å². The number of aromatic nitrogens is 2. The van der Waals surface area contributed by atoms with Gasteiger partial charge in [0.25, 0.3) is 0 Å². The van der Waals surface area contributed by atoms with Crippen molar-refractivity contribution in [3.05, 3.63) is 48.3 Å². The second kappa shape index (κ2) is 6.14. The monoisotopic (exact) mass is 226 g/mol. The van der Waals surface area contributed by atoms with E-state index in [1.807, 2.05) is 36.7 Å². The summed E-state index contributed by atoms with van der Waals surface area (Å²) in [7, 11) is 0. The lowest BCUT2D eigenvalue weighted by Gasteiger charge is -2.07. The third-order valence-corrected chi connectivity index (χ3v) is 2.85. The van der Waals surface area contributed by atoms with E-state index in [1.54, 1.807) is 0 Å². The van der Waals surface area contributed by atoms with Crippen LogP contribution in [0.2, 0.25) is 0 Å². The number of rotatable bonds is 5. The van der Waals surface area contributed by atoms with E-state index in [0.717, 1.165) is 17.8 Å². The number of hydrogen-bond donors (Lipinski definition) is 0. The van der Waals surface area contributed by atoms with Crippen molar-refractivity contribution in [3.8, 4) is 11.4 Å². The van der Waals surface area contributed by atoms with E-state index < -0.39 is 0 Å². The molecule has 0 unspecified atom stereocenters. The molecule has 0 aliphatic heterocycles. The molecule has 2 heteroatoms. The molecule has 17 heavy (non-hydrogen) atoms. The molecule has 2 rings (SSSR count). The van der Waals surface area contributed by atoms with E-state index in [1.165, 1.54) is 24.8 Å². The van der Waals surface area contributed by atoms with Crippen LogP contribution in [0.4, 0.5) is 0 Å². The number of nitrogens with zero attached hydrogens (tertiary/aromatic N) is 2. The van der Waals surface area contributed by atoms with Gasteiger partial charge >= 0.3 is 0 Å². The van der Waals surface area contributed by atoms with Crippen LogP contribution < -0.4 is 0 Å². The molecule has 0 amide bonds. The molecule has 2 aromatic rings. The highest BCUT2D eigenvalue weighted by Gasteiger charge is 2.06. The van der Waals surface area contributed by atoms with Gasteiger partial charge in [-0.2, -0.15) is 0 Å². The van der Waals surface area contributed by atoms with Crippen LogP contribution in [-0.2, 0) is 6.42 Å². The van der Waals surface area contributed by atoms with Gasteiger partial charge in [-0.3, -0.25) is 9.97 Å². The minimum atomic E-state index is 0.972. The smallest absolute Gasteiger partial charge is 0.0918 e. The lowest BCUT2D eigenvalue weighted by Crippen LogP contribution is -1.94. The molecule has 0 aromatic carbocycles. The normalized spacial score (nSPS) is 10.4. The number of hydrogen-bond acceptors (Lipinski definition) is 2. The zero-order chi connectivity index (χ0) is 11.9. The SMILES string of the molecule is CCCCCc1cccnc1-c1ccccn1. The van der Waals surface area contributed by atoms with Crippen LogP contribution in [0, 0.1) is 0 Å². The van der Waals surface area contributed by atoms with Gasteiger partial charge in [0.1, 0.15) is 0 Å². The van der Waals surface area contributed by atoms with Gasteiger partial charge in [-0.05, 0) is 36.6 Å². The van der Waals surface area contributed by atoms with Crippen LogP contribution in [0.3, 0.4) is 0 Å². The van der Waals surface area contributed by atoms with E-state index in [2.05, 4.69) is 23.0 Å². The summed E-state index contributed by atoms with van der Waals surface area (Å²) >= 11 is 0. The van der Waals surface area contributed by atoms with Crippen LogP contribution >= 0.6 is 0 Å². The van der Waals surface area contributed by atoms with Crippen LogP contribution in [0.5, 0.6) is 0 Å². The van der Waals surface area contributed by atoms with E-state index in [0.29, 0.717) is 0 Å². The Hall–Kier alpha value is -1.70. The summed E-state index contributed by atoms with van der Waals surface area (Å²) in [5.41, 5.74) is 3.31. The molecule has 0 N–H and O–H groups in total. The molecule has 0 bridgehead atoms. The lowest BCUT2D eigenvalue weighted by atomic mass is 10.0. The number of aryl methyl sites for hydroxylation is 1. The molecular formula is C15H18N2. The fourth-order valence-corrected chi connectivity index (χ4v) is 1.94. The lowest BCUT2D eigenvalue weighted by molar-refractivity contribution is 0.716. The predicted molar refractivity (Wildman–Crippen MR) is 70.7 cm³/mol. The Balaban J connectivity index is 2.22. The van der Waals surface area contributed by atoms with Gasteiger partial charge in [0, 0.05) is 12.4 Å². The van der Waals surface area contributed by atoms with Crippen LogP contribution in [-0.4, -0.2) is 9.97 Å². The second-order valence-corrected chi connectivity index (χ2v) is 4.18. The zero-order valence-corrected chi connectivity index (χ0v) is 10.3. The summed E-state index contributed by atoms with van der Waals surface area (Å²) in [6.07, 6.45) is 8.50. The summed E-state index contributed by atoms with van der Waals surface area (Å²) in [6.45, 7) is 2.23. The Morgan fingerprint density at radius 1 is 0.941 bits per heavy atom. The molecule has 0 aliphatic rings. The molecule has 2 heterocycles. The summed E-state index contributed by atoms with van der Waals surface area (Å²) in [5.74, 6) is 0. The van der Waals surface area contributed by atoms with Gasteiger partial charge in [-0.15, -0.1) is 0 Å². The van der Waals surface area contributed by atoms with Crippen LogP contribution in [0.1, 0.15) is 31.7 Å². The number of unbranched alkanes of at least 4 members (excludes halogenated alkanes) is 2. The minimum absolute atomic E-state index is 0.972. The van der Waals surface area contributed by atoms with Gasteiger partial charge in [-0.25, -0.2) is 0 Å². The van der Waals surface area contributed by atoms with E-state index in [4.69, 9.17) is 0 Å². The first-order valence-corrected chi connectivity index (χ1v) is 6.27. The first kappa shape index (κ1) is 11.8. The third-order valence-electron chi connectivity index (χ3n) is 2.85. The van der Waals surface area contributed by atoms with Gasteiger partial charge in [0.2, 0.25) is 0 Å². The summed E-state index contributed by atoms with van der Waals surface area (Å²) < 4.78 is 0. The standard InChI is InChI=1S/C15H18N2/c1-2-3-4-8-13-9-7-12-17-15(13)14-10-5-6-11-16-14/h5-7,9-12H,2-4,8H2,1H3. The van der Waals surface area contributed by atoms with Gasteiger partial charge in [-0.1, -0.05) is 31.9 Å². The van der Waals surface area contributed by atoms with Gasteiger partial charge < -0.3 is 0 Å². The summed E-state index contributed by atoms with van der Waals surface area (Å²) in [4.78, 5) is 8.84. The van der Waals surface area contributed by atoms with Crippen molar-refractivity contribution >= 4 is 0 Å². The molecule has 0 spiro atoms. The Morgan fingerprint density at radius 3 is 2.59 bits per heavy atom. The Bertz CT molecular complexity index is 451. The third kappa shape index (κ3) is 3.13. The van der Waals surface area contributed by atoms with E-state index in [9.17, 15) is 0 Å². The Kier molecular flexibility index (Phi) is 4.25. The quantitative estimate of drug-likeness (QED) is 0.723. The molecule has 2 nitrogen and oxygen atoms in total. The maximum absolute atomic E-state index is 4.47. The Labute approximate surface area is 103 Å². The predicted octanol–water partition coefficient (Wildman–Crippen LogP) is 3.88. The first-order valence-electron chi connectivity index (χ1n) is 6.27. The summed E-state index contributed by atoms with van der Waals surface area (Å²) in [5, 5.41) is 0. The highest BCUT2D eigenvalue weighted by Crippen LogP contribution is 2.20. The van der Waals surface area contributed by atoms with Crippen molar-refractivity contribution in [1.29, 1.82) is 0 Å². The van der Waals surface area contributed by atoms with Gasteiger partial charge in [0.15, 0.2) is 0 Å². The molecule has 0 atom stereocenters. The average Bonchev–Trinajstić information content (AvgIpc) is 2.41. The summed E-state index contributed by atoms with van der Waals surface area (Å²) in [6, 6.07) is 10.1. The highest BCUT2D eigenvalue weighted by molar-refractivity contribution is 5.58. The largest absolute Gasteiger partial charge is 0.255 e. The molecule has 0 aliphatic carbocycles. The molecular weight excluding hydrogens is 208 g/mol. The van der Waals surface area contributed by atoms with E-state index in [-0.39, 0.29) is 0 Å². The molecule has 0 saturated carbocycles. The molecule has 2 aromatic heterocycles. The molecule has 88 valence electrons. The molecule has 0 saturated heterocycles. The van der Waals surface area contributed by atoms with Crippen molar-refractivity contribution in [3.63, 3.8) is 0 Å². The van der Waals surface area contributed by atoms with Crippen LogP contribution in [0.15, 0.2) is 42.7 Å². The minimum Gasteiger partial charge on any atom is -0.255 e. The first-order chi connectivity index (χ1) is 8.42. The maximum atomic E-state index is 4.47. The second-order valence-electron chi connectivity index (χ2n) is 4.18. The molecule has 0 fully saturated rings. The molecule has 0 radical (unpaired) electrons. The van der Waals surface area contributed by atoms with Crippen molar-refractivity contribution in [1.82, 2.24) is 9.97 Å². The van der Waals surface area contributed by atoms with Crippen molar-refractivity contribution in [2.75, 3.05) is 0 Å².